The van der Waals surface area contributed by atoms with Crippen molar-refractivity contribution in [1.29, 1.82) is 0 Å². The molecule has 4 fully saturated rings. The van der Waals surface area contributed by atoms with Crippen molar-refractivity contribution in [2.45, 2.75) is 117 Å². The van der Waals surface area contributed by atoms with Crippen LogP contribution in [0.5, 0.6) is 0 Å². The first-order chi connectivity index (χ1) is 14.9. The predicted molar refractivity (Wildman–Crippen MR) is 126 cm³/mol. The van der Waals surface area contributed by atoms with Crippen molar-refractivity contribution < 1.29 is 20.1 Å². The summed E-state index contributed by atoms with van der Waals surface area (Å²) in [6, 6.07) is 0. The molecule has 0 spiro atoms. The molecule has 3 saturated carbocycles. The van der Waals surface area contributed by atoms with Gasteiger partial charge in [-0.15, -0.1) is 0 Å². The van der Waals surface area contributed by atoms with Gasteiger partial charge in [0.15, 0.2) is 0 Å². The molecule has 0 aromatic rings. The first kappa shape index (κ1) is 23.3. The molecule has 1 heterocycles. The lowest BCUT2D eigenvalue weighted by molar-refractivity contribution is -0.149. The van der Waals surface area contributed by atoms with E-state index in [0.29, 0.717) is 23.7 Å². The zero-order valence-electron chi connectivity index (χ0n) is 21.1. The van der Waals surface area contributed by atoms with E-state index in [2.05, 4.69) is 40.7 Å². The van der Waals surface area contributed by atoms with Crippen LogP contribution >= 0.6 is 0 Å². The van der Waals surface area contributed by atoms with Crippen molar-refractivity contribution in [3.8, 4) is 0 Å². The molecule has 0 aromatic heterocycles. The van der Waals surface area contributed by atoms with E-state index >= 15 is 0 Å². The number of rotatable bonds is 3. The van der Waals surface area contributed by atoms with Crippen LogP contribution in [-0.4, -0.2) is 45.3 Å². The number of allylic oxidation sites excluding steroid dienone is 1. The summed E-state index contributed by atoms with van der Waals surface area (Å²) in [5, 5.41) is 33.2. The molecule has 32 heavy (non-hydrogen) atoms. The van der Waals surface area contributed by atoms with E-state index in [0.717, 1.165) is 38.5 Å². The highest BCUT2D eigenvalue weighted by Crippen LogP contribution is 2.69. The maximum atomic E-state index is 11.9. The molecular weight excluding hydrogens is 400 g/mol. The Balaban J connectivity index is 1.42. The van der Waals surface area contributed by atoms with Gasteiger partial charge in [0.2, 0.25) is 0 Å². The highest BCUT2D eigenvalue weighted by molar-refractivity contribution is 5.27. The third kappa shape index (κ3) is 3.08. The second kappa shape index (κ2) is 7.54. The third-order valence-electron chi connectivity index (χ3n) is 11.5. The molecule has 5 rings (SSSR count). The Morgan fingerprint density at radius 1 is 1.06 bits per heavy atom. The lowest BCUT2D eigenvalue weighted by Gasteiger charge is -2.58. The van der Waals surface area contributed by atoms with E-state index in [9.17, 15) is 15.3 Å². The fraction of sp³-hybridized carbons (Fsp3) is 0.929. The molecule has 4 aliphatic carbocycles. The van der Waals surface area contributed by atoms with Crippen LogP contribution < -0.4 is 0 Å². The van der Waals surface area contributed by atoms with E-state index < -0.39 is 17.8 Å². The Hall–Kier alpha value is -0.420. The molecule has 5 aliphatic rings. The van der Waals surface area contributed by atoms with Crippen LogP contribution in [0.4, 0.5) is 0 Å². The summed E-state index contributed by atoms with van der Waals surface area (Å²) in [5.41, 5.74) is 0.794. The number of hydrogen-bond donors (Lipinski definition) is 3. The van der Waals surface area contributed by atoms with Crippen LogP contribution in [0.3, 0.4) is 0 Å². The molecule has 1 unspecified atom stereocenters. The zero-order chi connectivity index (χ0) is 23.2. The Labute approximate surface area is 194 Å². The molecule has 0 radical (unpaired) electrons. The summed E-state index contributed by atoms with van der Waals surface area (Å²) < 4.78 is 6.57. The molecule has 182 valence electrons. The molecule has 4 heteroatoms. The summed E-state index contributed by atoms with van der Waals surface area (Å²) in [6.07, 6.45) is 8.57. The number of fused-ring (bicyclic) bond motifs is 7. The van der Waals surface area contributed by atoms with Gasteiger partial charge in [-0.2, -0.15) is 0 Å². The zero-order valence-corrected chi connectivity index (χ0v) is 21.1. The Kier molecular flexibility index (Phi) is 5.49. The van der Waals surface area contributed by atoms with Crippen molar-refractivity contribution in [3.05, 3.63) is 11.6 Å². The standard InChI is InChI=1S/C28H46O4/c1-15(2)16(3)23(30)25-28(6,31)24-22(32-25)14-21-19-8-7-17-13-18(29)9-11-26(17,4)20(19)10-12-27(21,24)5/h7,15-16,18-25,29-31H,8-14H2,1-6H3/t16?,18-,19+,20-,21-,22-,23-,24-,25-,26-,27-,28+/m0/s1. The van der Waals surface area contributed by atoms with Crippen LogP contribution in [0.25, 0.3) is 0 Å². The minimum atomic E-state index is -1.00. The van der Waals surface area contributed by atoms with Crippen LogP contribution in [0.1, 0.15) is 86.5 Å². The molecule has 4 nitrogen and oxygen atoms in total. The van der Waals surface area contributed by atoms with Crippen molar-refractivity contribution in [3.63, 3.8) is 0 Å². The van der Waals surface area contributed by atoms with Gasteiger partial charge in [0.05, 0.1) is 23.9 Å². The number of hydrogen-bond acceptors (Lipinski definition) is 4. The van der Waals surface area contributed by atoms with Crippen molar-refractivity contribution in [2.75, 3.05) is 0 Å². The Morgan fingerprint density at radius 2 is 1.78 bits per heavy atom. The summed E-state index contributed by atoms with van der Waals surface area (Å²) in [7, 11) is 0. The quantitative estimate of drug-likeness (QED) is 0.549. The largest absolute Gasteiger partial charge is 0.393 e. The Bertz CT molecular complexity index is 773. The maximum Gasteiger partial charge on any atom is 0.113 e. The van der Waals surface area contributed by atoms with Gasteiger partial charge in [0.1, 0.15) is 6.10 Å². The molecule has 3 N–H and O–H groups in total. The van der Waals surface area contributed by atoms with Gasteiger partial charge in [0.25, 0.3) is 0 Å². The average Bonchev–Trinajstić information content (AvgIpc) is 3.18. The second-order valence-electron chi connectivity index (χ2n) is 13.3. The number of aliphatic hydroxyl groups is 3. The molecule has 1 aliphatic heterocycles. The topological polar surface area (TPSA) is 69.9 Å². The molecule has 0 bridgehead atoms. The normalized spacial score (nSPS) is 54.3. The smallest absolute Gasteiger partial charge is 0.113 e. The first-order valence-corrected chi connectivity index (χ1v) is 13.3. The van der Waals surface area contributed by atoms with Crippen molar-refractivity contribution >= 4 is 0 Å². The SMILES string of the molecule is CC(C)C(C)[C@H](O)[C@@H]1O[C@H]2C[C@H]3[C@@H]4CC=C5C[C@@H](O)CC[C@]5(C)[C@H]4CC[C@]3(C)[C@H]2[C@@]1(C)O. The highest BCUT2D eigenvalue weighted by atomic mass is 16.5. The van der Waals surface area contributed by atoms with Gasteiger partial charge >= 0.3 is 0 Å². The van der Waals surface area contributed by atoms with Crippen LogP contribution in [0, 0.1) is 46.3 Å². The van der Waals surface area contributed by atoms with E-state index in [-0.39, 0.29) is 34.9 Å². The van der Waals surface area contributed by atoms with Crippen molar-refractivity contribution in [1.82, 2.24) is 0 Å². The van der Waals surface area contributed by atoms with Crippen LogP contribution in [0.2, 0.25) is 0 Å². The third-order valence-corrected chi connectivity index (χ3v) is 11.5. The average molecular weight is 447 g/mol. The highest BCUT2D eigenvalue weighted by Gasteiger charge is 2.70. The number of aliphatic hydroxyl groups excluding tert-OH is 2. The van der Waals surface area contributed by atoms with Gasteiger partial charge in [-0.05, 0) is 92.3 Å². The lowest BCUT2D eigenvalue weighted by Crippen LogP contribution is -2.56. The van der Waals surface area contributed by atoms with Gasteiger partial charge in [0, 0.05) is 5.92 Å². The molecule has 1 saturated heterocycles. The lowest BCUT2D eigenvalue weighted by atomic mass is 9.46. The summed E-state index contributed by atoms with van der Waals surface area (Å²) in [6.45, 7) is 13.2. The van der Waals surface area contributed by atoms with Crippen LogP contribution in [-0.2, 0) is 4.74 Å². The summed E-state index contributed by atoms with van der Waals surface area (Å²) in [4.78, 5) is 0. The van der Waals surface area contributed by atoms with E-state index in [1.165, 1.54) is 12.0 Å². The fourth-order valence-corrected chi connectivity index (χ4v) is 9.41. The van der Waals surface area contributed by atoms with E-state index in [1.54, 1.807) is 0 Å². The van der Waals surface area contributed by atoms with E-state index in [1.807, 2.05) is 6.92 Å². The fourth-order valence-electron chi connectivity index (χ4n) is 9.41. The monoisotopic (exact) mass is 446 g/mol. The van der Waals surface area contributed by atoms with Gasteiger partial charge < -0.3 is 20.1 Å². The maximum absolute atomic E-state index is 11.9. The molecule has 0 aromatic carbocycles. The van der Waals surface area contributed by atoms with Gasteiger partial charge in [-0.1, -0.05) is 46.3 Å². The predicted octanol–water partition coefficient (Wildman–Crippen LogP) is 4.71. The summed E-state index contributed by atoms with van der Waals surface area (Å²) >= 11 is 0. The first-order valence-electron chi connectivity index (χ1n) is 13.3. The van der Waals surface area contributed by atoms with Gasteiger partial charge in [-0.25, -0.2) is 0 Å². The van der Waals surface area contributed by atoms with Gasteiger partial charge in [-0.3, -0.25) is 0 Å². The molecule has 12 atom stereocenters. The minimum absolute atomic E-state index is 0.0455. The number of ether oxygens (including phenoxy) is 1. The summed E-state index contributed by atoms with van der Waals surface area (Å²) in [5.74, 6) is 2.41. The second-order valence-corrected chi connectivity index (χ2v) is 13.3. The molecule has 0 amide bonds. The van der Waals surface area contributed by atoms with Crippen molar-refractivity contribution in [2.24, 2.45) is 46.3 Å². The minimum Gasteiger partial charge on any atom is -0.393 e. The molecular formula is C28H46O4. The van der Waals surface area contributed by atoms with Crippen LogP contribution in [0.15, 0.2) is 11.6 Å². The Morgan fingerprint density at radius 3 is 2.47 bits per heavy atom. The van der Waals surface area contributed by atoms with E-state index in [4.69, 9.17) is 4.74 Å².